The first-order valence-electron chi connectivity index (χ1n) is 10.5. The van der Waals surface area contributed by atoms with Crippen molar-refractivity contribution in [1.29, 1.82) is 0 Å². The molecule has 2 fully saturated rings. The Hall–Kier alpha value is -2.51. The molecule has 0 saturated carbocycles. The highest BCUT2D eigenvalue weighted by molar-refractivity contribution is 5.87. The number of rotatable bonds is 3. The Morgan fingerprint density at radius 3 is 2.52 bits per heavy atom. The first-order chi connectivity index (χ1) is 14.1. The summed E-state index contributed by atoms with van der Waals surface area (Å²) in [5, 5.41) is 0. The third kappa shape index (κ3) is 3.28. The molecule has 2 aliphatic heterocycles. The van der Waals surface area contributed by atoms with Gasteiger partial charge in [-0.2, -0.15) is 0 Å². The van der Waals surface area contributed by atoms with Gasteiger partial charge in [0.25, 0.3) is 0 Å². The quantitative estimate of drug-likeness (QED) is 0.683. The molecular weight excluding hydrogens is 364 g/mol. The van der Waals surface area contributed by atoms with Gasteiger partial charge in [0.1, 0.15) is 11.6 Å². The van der Waals surface area contributed by atoms with Crippen molar-refractivity contribution in [2.24, 2.45) is 0 Å². The number of aryl methyl sites for hydroxylation is 2. The van der Waals surface area contributed by atoms with Crippen LogP contribution in [-0.4, -0.2) is 70.9 Å². The Kier molecular flexibility index (Phi) is 4.72. The van der Waals surface area contributed by atoms with E-state index in [0.29, 0.717) is 6.61 Å². The predicted molar refractivity (Wildman–Crippen MR) is 114 cm³/mol. The number of likely N-dealkylation sites (N-methyl/N-ethyl adjacent to an activating group) is 1. The molecule has 2 saturated heterocycles. The van der Waals surface area contributed by atoms with Crippen LogP contribution >= 0.6 is 0 Å². The minimum atomic E-state index is 0.254. The molecule has 0 aliphatic carbocycles. The van der Waals surface area contributed by atoms with E-state index in [0.717, 1.165) is 73.4 Å². The summed E-state index contributed by atoms with van der Waals surface area (Å²) >= 11 is 0. The van der Waals surface area contributed by atoms with Crippen molar-refractivity contribution < 1.29 is 4.74 Å². The van der Waals surface area contributed by atoms with Gasteiger partial charge in [-0.3, -0.25) is 0 Å². The van der Waals surface area contributed by atoms with Gasteiger partial charge in [0.05, 0.1) is 12.6 Å². The Balaban J connectivity index is 1.73. The van der Waals surface area contributed by atoms with Gasteiger partial charge in [-0.25, -0.2) is 15.0 Å². The van der Waals surface area contributed by atoms with Crippen LogP contribution in [0.15, 0.2) is 24.3 Å². The second-order valence-electron chi connectivity index (χ2n) is 8.19. The summed E-state index contributed by atoms with van der Waals surface area (Å²) in [7, 11) is 2.17. The summed E-state index contributed by atoms with van der Waals surface area (Å²) in [6.07, 6.45) is 0.983. The number of piperazine rings is 1. The van der Waals surface area contributed by atoms with Gasteiger partial charge >= 0.3 is 0 Å². The maximum atomic E-state index is 5.73. The topological polar surface area (TPSA) is 59.3 Å². The standard InChI is InChI=1S/C22H28N6O/c1-15-6-4-5-7-18(15)20-25-19-21(27-11-9-26(3)10-12-27)23-16(2)24-22(19)28(20)17-8-13-29-14-17/h4-7,17H,8-14H2,1-3H3/t17-/m1/s1. The minimum absolute atomic E-state index is 0.254. The van der Waals surface area contributed by atoms with E-state index in [1.165, 1.54) is 5.56 Å². The molecule has 7 nitrogen and oxygen atoms in total. The molecule has 7 heteroatoms. The van der Waals surface area contributed by atoms with Crippen LogP contribution in [0.25, 0.3) is 22.6 Å². The highest BCUT2D eigenvalue weighted by atomic mass is 16.5. The van der Waals surface area contributed by atoms with Crippen molar-refractivity contribution in [3.05, 3.63) is 35.7 Å². The smallest absolute Gasteiger partial charge is 0.166 e. The van der Waals surface area contributed by atoms with Gasteiger partial charge in [0.2, 0.25) is 0 Å². The number of nitrogens with zero attached hydrogens (tertiary/aromatic N) is 6. The molecule has 0 unspecified atom stereocenters. The summed E-state index contributed by atoms with van der Waals surface area (Å²) in [5.41, 5.74) is 4.21. The second kappa shape index (κ2) is 7.39. The monoisotopic (exact) mass is 392 g/mol. The Labute approximate surface area is 171 Å². The molecule has 4 heterocycles. The van der Waals surface area contributed by atoms with Crippen LogP contribution in [0.4, 0.5) is 5.82 Å². The number of aromatic nitrogens is 4. The van der Waals surface area contributed by atoms with E-state index >= 15 is 0 Å². The van der Waals surface area contributed by atoms with Crippen molar-refractivity contribution in [1.82, 2.24) is 24.4 Å². The van der Waals surface area contributed by atoms with Crippen LogP contribution in [-0.2, 0) is 4.74 Å². The van der Waals surface area contributed by atoms with Crippen LogP contribution in [0.3, 0.4) is 0 Å². The van der Waals surface area contributed by atoms with E-state index in [-0.39, 0.29) is 6.04 Å². The van der Waals surface area contributed by atoms with Gasteiger partial charge in [-0.15, -0.1) is 0 Å². The van der Waals surface area contributed by atoms with E-state index in [9.17, 15) is 0 Å². The molecule has 1 atom stereocenters. The molecule has 2 aliphatic rings. The molecule has 152 valence electrons. The van der Waals surface area contributed by atoms with Crippen LogP contribution in [0.5, 0.6) is 0 Å². The maximum Gasteiger partial charge on any atom is 0.166 e. The van der Waals surface area contributed by atoms with Gasteiger partial charge in [-0.05, 0) is 32.9 Å². The first kappa shape index (κ1) is 18.5. The molecule has 1 aromatic carbocycles. The fourth-order valence-electron chi connectivity index (χ4n) is 4.39. The number of ether oxygens (including phenoxy) is 1. The predicted octanol–water partition coefficient (Wildman–Crippen LogP) is 2.82. The lowest BCUT2D eigenvalue weighted by molar-refractivity contribution is 0.187. The van der Waals surface area contributed by atoms with Gasteiger partial charge in [0.15, 0.2) is 17.0 Å². The molecule has 0 N–H and O–H groups in total. The van der Waals surface area contributed by atoms with Crippen molar-refractivity contribution in [3.63, 3.8) is 0 Å². The molecule has 5 rings (SSSR count). The third-order valence-electron chi connectivity index (χ3n) is 6.09. The fourth-order valence-corrected chi connectivity index (χ4v) is 4.39. The summed E-state index contributed by atoms with van der Waals surface area (Å²) in [6, 6.07) is 8.70. The van der Waals surface area contributed by atoms with E-state index in [1.54, 1.807) is 0 Å². The van der Waals surface area contributed by atoms with E-state index < -0.39 is 0 Å². The van der Waals surface area contributed by atoms with E-state index in [1.807, 2.05) is 6.92 Å². The average molecular weight is 393 g/mol. The summed E-state index contributed by atoms with van der Waals surface area (Å²) in [4.78, 5) is 19.6. The Bertz CT molecular complexity index is 1030. The van der Waals surface area contributed by atoms with Crippen molar-refractivity contribution in [3.8, 4) is 11.4 Å². The van der Waals surface area contributed by atoms with E-state index in [2.05, 4.69) is 52.6 Å². The summed E-state index contributed by atoms with van der Waals surface area (Å²) in [5.74, 6) is 2.74. The molecule has 3 aromatic rings. The Morgan fingerprint density at radius 1 is 1.00 bits per heavy atom. The molecule has 29 heavy (non-hydrogen) atoms. The van der Waals surface area contributed by atoms with E-state index in [4.69, 9.17) is 19.7 Å². The average Bonchev–Trinajstić information content (AvgIpc) is 3.36. The number of hydrogen-bond acceptors (Lipinski definition) is 6. The number of hydrogen-bond donors (Lipinski definition) is 0. The maximum absolute atomic E-state index is 5.73. The lowest BCUT2D eigenvalue weighted by Crippen LogP contribution is -2.45. The van der Waals surface area contributed by atoms with Crippen LogP contribution < -0.4 is 4.90 Å². The highest BCUT2D eigenvalue weighted by Gasteiger charge is 2.29. The minimum Gasteiger partial charge on any atom is -0.379 e. The Morgan fingerprint density at radius 2 is 1.79 bits per heavy atom. The van der Waals surface area contributed by atoms with Gasteiger partial charge < -0.3 is 19.1 Å². The lowest BCUT2D eigenvalue weighted by Gasteiger charge is -2.33. The SMILES string of the molecule is Cc1nc(N2CCN(C)CC2)c2nc(-c3ccccc3C)n([C@@H]3CCOC3)c2n1. The molecule has 2 aromatic heterocycles. The summed E-state index contributed by atoms with van der Waals surface area (Å²) in [6.45, 7) is 9.60. The molecule has 0 bridgehead atoms. The van der Waals surface area contributed by atoms with Gasteiger partial charge in [-0.1, -0.05) is 24.3 Å². The van der Waals surface area contributed by atoms with Crippen molar-refractivity contribution in [2.75, 3.05) is 51.3 Å². The van der Waals surface area contributed by atoms with Crippen LogP contribution in [0, 0.1) is 13.8 Å². The number of anilines is 1. The van der Waals surface area contributed by atoms with Crippen molar-refractivity contribution in [2.45, 2.75) is 26.3 Å². The van der Waals surface area contributed by atoms with Crippen LogP contribution in [0.1, 0.15) is 23.9 Å². The molecular formula is C22H28N6O. The zero-order chi connectivity index (χ0) is 20.0. The second-order valence-corrected chi connectivity index (χ2v) is 8.19. The number of fused-ring (bicyclic) bond motifs is 1. The molecule has 0 spiro atoms. The first-order valence-corrected chi connectivity index (χ1v) is 10.5. The molecule has 0 radical (unpaired) electrons. The third-order valence-corrected chi connectivity index (χ3v) is 6.09. The zero-order valence-electron chi connectivity index (χ0n) is 17.4. The lowest BCUT2D eigenvalue weighted by atomic mass is 10.1. The molecule has 0 amide bonds. The normalized spacial score (nSPS) is 20.7. The largest absolute Gasteiger partial charge is 0.379 e. The number of benzene rings is 1. The highest BCUT2D eigenvalue weighted by Crippen LogP contribution is 2.35. The van der Waals surface area contributed by atoms with Crippen molar-refractivity contribution >= 4 is 17.0 Å². The fraction of sp³-hybridized carbons (Fsp3) is 0.500. The zero-order valence-corrected chi connectivity index (χ0v) is 17.4. The van der Waals surface area contributed by atoms with Gasteiger partial charge in [0, 0.05) is 38.3 Å². The number of imidazole rings is 1. The van der Waals surface area contributed by atoms with Crippen LogP contribution in [0.2, 0.25) is 0 Å². The summed E-state index contributed by atoms with van der Waals surface area (Å²) < 4.78 is 8.04.